The molecule has 1 saturated carbocycles. The van der Waals surface area contributed by atoms with Gasteiger partial charge in [0.05, 0.1) is 4.90 Å². The van der Waals surface area contributed by atoms with Crippen molar-refractivity contribution in [2.24, 2.45) is 21.5 Å². The van der Waals surface area contributed by atoms with Gasteiger partial charge in [-0.15, -0.1) is 0 Å². The van der Waals surface area contributed by atoms with E-state index in [-0.39, 0.29) is 22.8 Å². The lowest BCUT2D eigenvalue weighted by molar-refractivity contribution is 0.305. The first-order valence-corrected chi connectivity index (χ1v) is 11.2. The lowest BCUT2D eigenvalue weighted by atomic mass is 9.87. The van der Waals surface area contributed by atoms with Crippen molar-refractivity contribution in [3.8, 4) is 0 Å². The average Bonchev–Trinajstić information content (AvgIpc) is 2.70. The minimum atomic E-state index is -3.83. The summed E-state index contributed by atoms with van der Waals surface area (Å²) >= 11 is 0. The molecule has 5 N–H and O–H groups in total. The molecule has 0 bridgehead atoms. The summed E-state index contributed by atoms with van der Waals surface area (Å²) in [7, 11) is -3.83. The average molecular weight is 429 g/mol. The molecule has 2 aliphatic rings. The third kappa shape index (κ3) is 3.80. The van der Waals surface area contributed by atoms with Crippen molar-refractivity contribution in [1.29, 1.82) is 0 Å². The number of aryl methyl sites for hydroxylation is 1. The van der Waals surface area contributed by atoms with Crippen LogP contribution in [0, 0.1) is 6.92 Å². The van der Waals surface area contributed by atoms with Crippen molar-refractivity contribution < 1.29 is 8.42 Å². The van der Waals surface area contributed by atoms with Gasteiger partial charge in [0.15, 0.2) is 0 Å². The van der Waals surface area contributed by atoms with Crippen LogP contribution in [-0.2, 0) is 10.0 Å². The van der Waals surface area contributed by atoms with Crippen LogP contribution in [0.25, 0.3) is 0 Å². The number of hydrogen-bond donors (Lipinski definition) is 3. The Bertz CT molecular complexity index is 1090. The summed E-state index contributed by atoms with van der Waals surface area (Å²) in [6.45, 7) is 1.82. The van der Waals surface area contributed by atoms with Gasteiger partial charge in [-0.05, 0) is 62.4 Å². The maximum Gasteiger partial charge on any atom is 0.264 e. The van der Waals surface area contributed by atoms with Crippen molar-refractivity contribution in [3.63, 3.8) is 0 Å². The first kappa shape index (κ1) is 20.1. The van der Waals surface area contributed by atoms with Gasteiger partial charge in [-0.2, -0.15) is 4.99 Å². The molecule has 10 nitrogen and oxygen atoms in total. The largest absolute Gasteiger partial charge is 0.369 e. The molecule has 1 aliphatic heterocycles. The van der Waals surface area contributed by atoms with Gasteiger partial charge in [-0.3, -0.25) is 4.90 Å². The molecule has 1 aromatic heterocycles. The van der Waals surface area contributed by atoms with Gasteiger partial charge in [0, 0.05) is 18.1 Å². The Morgan fingerprint density at radius 2 is 1.67 bits per heavy atom. The summed E-state index contributed by atoms with van der Waals surface area (Å²) < 4.78 is 27.8. The molecule has 0 atom stereocenters. The summed E-state index contributed by atoms with van der Waals surface area (Å²) in [5.41, 5.74) is 13.1. The van der Waals surface area contributed by atoms with Crippen LogP contribution in [0.2, 0.25) is 0 Å². The molecular weight excluding hydrogens is 404 g/mol. The quantitative estimate of drug-likeness (QED) is 0.670. The van der Waals surface area contributed by atoms with E-state index >= 15 is 0 Å². The highest BCUT2D eigenvalue weighted by Gasteiger charge is 2.42. The van der Waals surface area contributed by atoms with Gasteiger partial charge >= 0.3 is 0 Å². The van der Waals surface area contributed by atoms with E-state index in [9.17, 15) is 8.42 Å². The van der Waals surface area contributed by atoms with Gasteiger partial charge in [0.1, 0.15) is 5.66 Å². The lowest BCUT2D eigenvalue weighted by Crippen LogP contribution is -2.58. The van der Waals surface area contributed by atoms with Crippen molar-refractivity contribution in [2.45, 2.75) is 49.6 Å². The second-order valence-corrected chi connectivity index (χ2v) is 9.18. The Morgan fingerprint density at radius 3 is 2.30 bits per heavy atom. The molecule has 1 spiro atoms. The fraction of sp³-hybridized carbons (Fsp3) is 0.368. The van der Waals surface area contributed by atoms with Crippen LogP contribution in [0.5, 0.6) is 0 Å². The molecule has 2 aromatic rings. The molecule has 4 rings (SSSR count). The first-order chi connectivity index (χ1) is 14.3. The number of sulfonamides is 1. The molecule has 0 radical (unpaired) electrons. The molecule has 30 heavy (non-hydrogen) atoms. The summed E-state index contributed by atoms with van der Waals surface area (Å²) in [4.78, 5) is 18.7. The molecule has 0 saturated heterocycles. The van der Waals surface area contributed by atoms with E-state index in [1.807, 2.05) is 11.8 Å². The van der Waals surface area contributed by atoms with E-state index in [0.717, 1.165) is 37.7 Å². The van der Waals surface area contributed by atoms with E-state index in [1.165, 1.54) is 12.1 Å². The second kappa shape index (κ2) is 7.56. The van der Waals surface area contributed by atoms with E-state index in [0.29, 0.717) is 5.69 Å². The highest BCUT2D eigenvalue weighted by Crippen LogP contribution is 2.39. The van der Waals surface area contributed by atoms with Gasteiger partial charge in [-0.1, -0.05) is 6.42 Å². The number of nitrogens with zero attached hydrogens (tertiary/aromatic N) is 5. The Labute approximate surface area is 175 Å². The highest BCUT2D eigenvalue weighted by molar-refractivity contribution is 7.92. The standard InChI is InChI=1S/C19H24N8O2S/c1-13-11-22-18(23-12-13)26-30(28,29)15-7-5-14(6-8-15)27-17(21)24-16(20)25-19(27)9-3-2-4-10-19/h5-8,11-12H,2-4,9-10H2,1H3,(H,22,23,26)(H4,20,21,24,25). The Kier molecular flexibility index (Phi) is 5.06. The van der Waals surface area contributed by atoms with Crippen molar-refractivity contribution in [1.82, 2.24) is 9.97 Å². The van der Waals surface area contributed by atoms with Crippen LogP contribution in [0.4, 0.5) is 11.6 Å². The van der Waals surface area contributed by atoms with Gasteiger partial charge in [0.2, 0.25) is 17.9 Å². The van der Waals surface area contributed by atoms with Crippen LogP contribution in [-0.4, -0.2) is 36.0 Å². The van der Waals surface area contributed by atoms with Crippen LogP contribution >= 0.6 is 0 Å². The number of rotatable bonds is 4. The summed E-state index contributed by atoms with van der Waals surface area (Å²) in [6, 6.07) is 6.41. The molecule has 0 amide bonds. The minimum Gasteiger partial charge on any atom is -0.369 e. The fourth-order valence-corrected chi connectivity index (χ4v) is 4.85. The molecule has 11 heteroatoms. The van der Waals surface area contributed by atoms with Crippen LogP contribution in [0.1, 0.15) is 37.7 Å². The number of aliphatic imine (C=N–C) groups is 2. The van der Waals surface area contributed by atoms with Crippen molar-refractivity contribution >= 4 is 33.6 Å². The number of aromatic nitrogens is 2. The van der Waals surface area contributed by atoms with Crippen molar-refractivity contribution in [3.05, 3.63) is 42.2 Å². The number of nitrogens with one attached hydrogen (secondary N) is 1. The molecule has 0 unspecified atom stereocenters. The number of hydrogen-bond acceptors (Lipinski definition) is 9. The zero-order valence-corrected chi connectivity index (χ0v) is 17.4. The number of guanidine groups is 2. The number of anilines is 2. The molecule has 2 heterocycles. The predicted molar refractivity (Wildman–Crippen MR) is 116 cm³/mol. The summed E-state index contributed by atoms with van der Waals surface area (Å²) in [5, 5.41) is 0. The van der Waals surface area contributed by atoms with Crippen LogP contribution < -0.4 is 21.1 Å². The zero-order chi connectivity index (χ0) is 21.4. The third-order valence-electron chi connectivity index (χ3n) is 5.26. The minimum absolute atomic E-state index is 0.0167. The molecule has 1 aliphatic carbocycles. The maximum absolute atomic E-state index is 12.7. The monoisotopic (exact) mass is 428 g/mol. The maximum atomic E-state index is 12.7. The Balaban J connectivity index is 1.62. The Morgan fingerprint density at radius 1 is 1.03 bits per heavy atom. The van der Waals surface area contributed by atoms with E-state index in [2.05, 4.69) is 24.7 Å². The molecule has 1 aromatic carbocycles. The first-order valence-electron chi connectivity index (χ1n) is 9.70. The van der Waals surface area contributed by atoms with Gasteiger partial charge < -0.3 is 11.5 Å². The SMILES string of the molecule is Cc1cnc(NS(=O)(=O)c2ccc(N3C(N)=NC(N)=NC34CCCCC4)cc2)nc1. The molecular formula is C19H24N8O2S. The molecule has 1 fully saturated rings. The smallest absolute Gasteiger partial charge is 0.264 e. The second-order valence-electron chi connectivity index (χ2n) is 7.50. The van der Waals surface area contributed by atoms with E-state index in [4.69, 9.17) is 11.5 Å². The van der Waals surface area contributed by atoms with E-state index < -0.39 is 15.7 Å². The lowest BCUT2D eigenvalue weighted by Gasteiger charge is -2.45. The fourth-order valence-electron chi connectivity index (χ4n) is 3.89. The van der Waals surface area contributed by atoms with E-state index in [1.54, 1.807) is 24.5 Å². The normalized spacial score (nSPS) is 18.6. The van der Waals surface area contributed by atoms with Crippen LogP contribution in [0.15, 0.2) is 51.5 Å². The summed E-state index contributed by atoms with van der Waals surface area (Å²) in [6.07, 6.45) is 7.84. The third-order valence-corrected chi connectivity index (χ3v) is 6.61. The van der Waals surface area contributed by atoms with Gasteiger partial charge in [0.25, 0.3) is 10.0 Å². The summed E-state index contributed by atoms with van der Waals surface area (Å²) in [5.74, 6) is 0.446. The van der Waals surface area contributed by atoms with Gasteiger partial charge in [-0.25, -0.2) is 28.1 Å². The zero-order valence-electron chi connectivity index (χ0n) is 16.6. The highest BCUT2D eigenvalue weighted by atomic mass is 32.2. The number of benzene rings is 1. The molecule has 158 valence electrons. The van der Waals surface area contributed by atoms with Crippen LogP contribution in [0.3, 0.4) is 0 Å². The topological polar surface area (TPSA) is 152 Å². The Hall–Kier alpha value is -3.21. The number of nitrogens with two attached hydrogens (primary N) is 2. The van der Waals surface area contributed by atoms with Crippen molar-refractivity contribution in [2.75, 3.05) is 9.62 Å². The predicted octanol–water partition coefficient (Wildman–Crippen LogP) is 1.70.